The summed E-state index contributed by atoms with van der Waals surface area (Å²) in [4.78, 5) is 24.5. The number of hydrogen-bond acceptors (Lipinski definition) is 5. The number of benzene rings is 2. The average molecular weight is 416 g/mol. The van der Waals surface area contributed by atoms with Gasteiger partial charge in [-0.1, -0.05) is 32.0 Å². The largest absolute Gasteiger partial charge is 0.452 e. The van der Waals surface area contributed by atoms with E-state index in [1.54, 1.807) is 12.1 Å². The quantitative estimate of drug-likeness (QED) is 0.731. The monoisotopic (exact) mass is 416 g/mol. The van der Waals surface area contributed by atoms with E-state index in [0.29, 0.717) is 24.3 Å². The molecule has 0 spiro atoms. The minimum atomic E-state index is -3.35. The van der Waals surface area contributed by atoms with Crippen molar-refractivity contribution >= 4 is 33.3 Å². The van der Waals surface area contributed by atoms with Crippen LogP contribution in [0.5, 0.6) is 0 Å². The molecule has 0 atom stereocenters. The van der Waals surface area contributed by atoms with Crippen LogP contribution in [-0.2, 0) is 26.0 Å². The van der Waals surface area contributed by atoms with Crippen LogP contribution >= 0.6 is 0 Å². The number of hydrogen-bond donors (Lipinski definition) is 1. The molecule has 1 aliphatic heterocycles. The van der Waals surface area contributed by atoms with Crippen LogP contribution in [0, 0.1) is 0 Å². The molecule has 0 saturated heterocycles. The third-order valence-corrected chi connectivity index (χ3v) is 5.94. The lowest BCUT2D eigenvalue weighted by Crippen LogP contribution is -2.27. The zero-order valence-electron chi connectivity index (χ0n) is 16.6. The molecule has 29 heavy (non-hydrogen) atoms. The lowest BCUT2D eigenvalue weighted by molar-refractivity contribution is -0.119. The molecule has 1 aliphatic rings. The van der Waals surface area contributed by atoms with E-state index in [0.717, 1.165) is 17.4 Å². The van der Waals surface area contributed by atoms with Gasteiger partial charge in [0.15, 0.2) is 6.61 Å². The Morgan fingerprint density at radius 2 is 1.90 bits per heavy atom. The number of nitrogens with zero attached hydrogens (tertiary/aromatic N) is 1. The van der Waals surface area contributed by atoms with Crippen molar-refractivity contribution < 1.29 is 22.7 Å². The maximum Gasteiger partial charge on any atom is 0.338 e. The minimum absolute atomic E-state index is 0.243. The molecule has 8 heteroatoms. The predicted octanol–water partition coefficient (Wildman–Crippen LogP) is 2.93. The van der Waals surface area contributed by atoms with Crippen molar-refractivity contribution in [3.05, 3.63) is 59.2 Å². The summed E-state index contributed by atoms with van der Waals surface area (Å²) < 4.78 is 30.0. The van der Waals surface area contributed by atoms with E-state index in [-0.39, 0.29) is 11.5 Å². The number of nitrogens with one attached hydrogen (secondary N) is 1. The molecule has 1 heterocycles. The Hall–Kier alpha value is -2.87. The molecule has 0 bridgehead atoms. The summed E-state index contributed by atoms with van der Waals surface area (Å²) in [6.45, 7) is 4.01. The normalized spacial score (nSPS) is 13.3. The number of ether oxygens (including phenoxy) is 1. The van der Waals surface area contributed by atoms with Crippen molar-refractivity contribution in [2.24, 2.45) is 0 Å². The third-order valence-electron chi connectivity index (χ3n) is 4.76. The van der Waals surface area contributed by atoms with Gasteiger partial charge in [0.05, 0.1) is 17.5 Å². The van der Waals surface area contributed by atoms with Gasteiger partial charge in [0, 0.05) is 12.2 Å². The van der Waals surface area contributed by atoms with Gasteiger partial charge in [-0.2, -0.15) is 0 Å². The minimum Gasteiger partial charge on any atom is -0.452 e. The molecular weight excluding hydrogens is 392 g/mol. The smallest absolute Gasteiger partial charge is 0.338 e. The first-order chi connectivity index (χ1) is 13.7. The van der Waals surface area contributed by atoms with Crippen LogP contribution in [0.4, 0.5) is 11.4 Å². The van der Waals surface area contributed by atoms with Crippen LogP contribution in [0.15, 0.2) is 42.5 Å². The van der Waals surface area contributed by atoms with Crippen LogP contribution in [0.3, 0.4) is 0 Å². The SMILES string of the molecule is CC(C)c1ccccc1NC(=O)COC(=O)c1ccc2c(c1)CCN2S(C)(=O)=O. The van der Waals surface area contributed by atoms with Crippen LogP contribution in [0.2, 0.25) is 0 Å². The van der Waals surface area contributed by atoms with Crippen LogP contribution in [0.1, 0.15) is 41.3 Å². The molecule has 1 amide bonds. The maximum absolute atomic E-state index is 12.3. The van der Waals surface area contributed by atoms with Crippen molar-refractivity contribution in [3.8, 4) is 0 Å². The highest BCUT2D eigenvalue weighted by molar-refractivity contribution is 7.92. The first kappa shape index (κ1) is 20.9. The summed E-state index contributed by atoms with van der Waals surface area (Å²) in [7, 11) is -3.35. The number of amides is 1. The Kier molecular flexibility index (Phi) is 5.93. The van der Waals surface area contributed by atoms with E-state index in [9.17, 15) is 18.0 Å². The second-order valence-corrected chi connectivity index (χ2v) is 9.20. The van der Waals surface area contributed by atoms with Crippen LogP contribution in [-0.4, -0.2) is 39.7 Å². The Morgan fingerprint density at radius 3 is 2.59 bits per heavy atom. The lowest BCUT2D eigenvalue weighted by Gasteiger charge is -2.16. The fourth-order valence-corrected chi connectivity index (χ4v) is 4.32. The summed E-state index contributed by atoms with van der Waals surface area (Å²) in [6, 6.07) is 12.2. The first-order valence-corrected chi connectivity index (χ1v) is 11.2. The third kappa shape index (κ3) is 4.76. The number of carbonyl (C=O) groups excluding carboxylic acids is 2. The first-order valence-electron chi connectivity index (χ1n) is 9.33. The summed E-state index contributed by atoms with van der Waals surface area (Å²) >= 11 is 0. The van der Waals surface area contributed by atoms with Crippen LogP contribution < -0.4 is 9.62 Å². The highest BCUT2D eigenvalue weighted by atomic mass is 32.2. The zero-order chi connectivity index (χ0) is 21.2. The number of para-hydroxylation sites is 1. The van der Waals surface area contributed by atoms with Crippen molar-refractivity contribution in [2.75, 3.05) is 29.0 Å². The topological polar surface area (TPSA) is 92.8 Å². The Labute approximate surface area is 170 Å². The van der Waals surface area contributed by atoms with Gasteiger partial charge in [-0.3, -0.25) is 9.10 Å². The number of rotatable bonds is 6. The van der Waals surface area contributed by atoms with Gasteiger partial charge in [-0.15, -0.1) is 0 Å². The van der Waals surface area contributed by atoms with E-state index >= 15 is 0 Å². The molecule has 0 aromatic heterocycles. The van der Waals surface area contributed by atoms with Gasteiger partial charge >= 0.3 is 5.97 Å². The molecule has 3 rings (SSSR count). The highest BCUT2D eigenvalue weighted by Gasteiger charge is 2.27. The zero-order valence-corrected chi connectivity index (χ0v) is 17.5. The molecule has 0 saturated carbocycles. The van der Waals surface area contributed by atoms with E-state index < -0.39 is 28.5 Å². The van der Waals surface area contributed by atoms with Gasteiger partial charge in [-0.05, 0) is 47.7 Å². The van der Waals surface area contributed by atoms with Crippen LogP contribution in [0.25, 0.3) is 0 Å². The molecule has 0 radical (unpaired) electrons. The fourth-order valence-electron chi connectivity index (χ4n) is 3.36. The van der Waals surface area contributed by atoms with Gasteiger partial charge < -0.3 is 10.1 Å². The highest BCUT2D eigenvalue weighted by Crippen LogP contribution is 2.31. The summed E-state index contributed by atoms with van der Waals surface area (Å²) in [5, 5.41) is 2.77. The van der Waals surface area contributed by atoms with E-state index in [1.165, 1.54) is 10.4 Å². The number of esters is 1. The standard InChI is InChI=1S/C21H24N2O5S/c1-14(2)17-6-4-5-7-18(17)22-20(24)13-28-21(25)16-8-9-19-15(12-16)10-11-23(19)29(3,26)27/h4-9,12,14H,10-11,13H2,1-3H3,(H,22,24). The second kappa shape index (κ2) is 8.24. The molecule has 2 aromatic rings. The van der Waals surface area contributed by atoms with Crippen molar-refractivity contribution in [1.29, 1.82) is 0 Å². The Morgan fingerprint density at radius 1 is 1.17 bits per heavy atom. The Balaban J connectivity index is 1.63. The van der Waals surface area contributed by atoms with E-state index in [2.05, 4.69) is 5.32 Å². The molecule has 0 unspecified atom stereocenters. The summed E-state index contributed by atoms with van der Waals surface area (Å²) in [5.41, 5.74) is 3.32. The second-order valence-electron chi connectivity index (χ2n) is 7.29. The fraction of sp³-hybridized carbons (Fsp3) is 0.333. The van der Waals surface area contributed by atoms with Gasteiger partial charge in [0.1, 0.15) is 0 Å². The lowest BCUT2D eigenvalue weighted by atomic mass is 10.0. The Bertz CT molecular complexity index is 1050. The molecule has 1 N–H and O–H groups in total. The van der Waals surface area contributed by atoms with E-state index in [1.807, 2.05) is 38.1 Å². The van der Waals surface area contributed by atoms with Crippen molar-refractivity contribution in [2.45, 2.75) is 26.2 Å². The molecule has 0 aliphatic carbocycles. The molecule has 2 aromatic carbocycles. The maximum atomic E-state index is 12.3. The van der Waals surface area contributed by atoms with Gasteiger partial charge in [0.25, 0.3) is 5.91 Å². The number of anilines is 2. The number of sulfonamides is 1. The van der Waals surface area contributed by atoms with Gasteiger partial charge in [0.2, 0.25) is 10.0 Å². The van der Waals surface area contributed by atoms with Gasteiger partial charge in [-0.25, -0.2) is 13.2 Å². The summed E-state index contributed by atoms with van der Waals surface area (Å²) in [5.74, 6) is -0.805. The van der Waals surface area contributed by atoms with E-state index in [4.69, 9.17) is 4.74 Å². The van der Waals surface area contributed by atoms with Crippen molar-refractivity contribution in [3.63, 3.8) is 0 Å². The average Bonchev–Trinajstić information content (AvgIpc) is 3.10. The molecule has 154 valence electrons. The molecule has 0 fully saturated rings. The molecular formula is C21H24N2O5S. The number of fused-ring (bicyclic) bond motifs is 1. The molecule has 7 nitrogen and oxygen atoms in total. The van der Waals surface area contributed by atoms with Crippen molar-refractivity contribution in [1.82, 2.24) is 0 Å². The number of carbonyl (C=O) groups is 2. The predicted molar refractivity (Wildman–Crippen MR) is 112 cm³/mol. The summed E-state index contributed by atoms with van der Waals surface area (Å²) in [6.07, 6.45) is 1.68.